The molecule has 5 nitrogen and oxygen atoms in total. The van der Waals surface area contributed by atoms with Gasteiger partial charge in [-0.3, -0.25) is 14.5 Å². The van der Waals surface area contributed by atoms with Gasteiger partial charge in [-0.25, -0.2) is 0 Å². The predicted molar refractivity (Wildman–Crippen MR) is 84.0 cm³/mol. The van der Waals surface area contributed by atoms with E-state index in [-0.39, 0.29) is 23.1 Å². The van der Waals surface area contributed by atoms with Crippen molar-refractivity contribution in [2.45, 2.75) is 57.5 Å². The minimum Gasteiger partial charge on any atom is -0.456 e. The number of nitrogens with zero attached hydrogens (tertiary/aromatic N) is 1. The van der Waals surface area contributed by atoms with Crippen LogP contribution in [0.4, 0.5) is 0 Å². The van der Waals surface area contributed by atoms with Gasteiger partial charge in [0.15, 0.2) is 11.2 Å². The summed E-state index contributed by atoms with van der Waals surface area (Å²) in [6, 6.07) is 3.49. The fourth-order valence-electron chi connectivity index (χ4n) is 3.70. The van der Waals surface area contributed by atoms with Gasteiger partial charge in [0, 0.05) is 30.8 Å². The number of carbonyl (C=O) groups excluding carboxylic acids is 1. The molecular formula is C17H24N2O3. The number of nitrogens with one attached hydrogen (secondary N) is 1. The van der Waals surface area contributed by atoms with Crippen LogP contribution in [0.25, 0.3) is 0 Å². The van der Waals surface area contributed by atoms with E-state index in [1.165, 1.54) is 37.8 Å². The van der Waals surface area contributed by atoms with Crippen LogP contribution < -0.4 is 10.7 Å². The number of hydrogen-bond donors (Lipinski definition) is 1. The largest absolute Gasteiger partial charge is 0.456 e. The van der Waals surface area contributed by atoms with Gasteiger partial charge in [0.2, 0.25) is 0 Å². The molecule has 1 aliphatic carbocycles. The van der Waals surface area contributed by atoms with E-state index >= 15 is 0 Å². The molecule has 1 N–H and O–H groups in total. The third-order valence-electron chi connectivity index (χ3n) is 4.74. The molecule has 0 aromatic carbocycles. The molecule has 1 aromatic rings. The molecule has 1 saturated heterocycles. The van der Waals surface area contributed by atoms with Crippen LogP contribution in [0.15, 0.2) is 21.3 Å². The molecule has 1 amide bonds. The zero-order valence-corrected chi connectivity index (χ0v) is 13.1. The number of aryl methyl sites for hydroxylation is 1. The van der Waals surface area contributed by atoms with Crippen molar-refractivity contribution in [2.75, 3.05) is 13.1 Å². The Balaban J connectivity index is 1.62. The Bertz CT molecular complexity index is 590. The lowest BCUT2D eigenvalue weighted by atomic mass is 10.0. The lowest BCUT2D eigenvalue weighted by molar-refractivity contribution is 0.0844. The maximum atomic E-state index is 12.3. The van der Waals surface area contributed by atoms with Crippen molar-refractivity contribution in [3.05, 3.63) is 33.9 Å². The van der Waals surface area contributed by atoms with Crippen molar-refractivity contribution < 1.29 is 9.21 Å². The quantitative estimate of drug-likeness (QED) is 0.929. The first-order chi connectivity index (χ1) is 10.6. The predicted octanol–water partition coefficient (Wildman–Crippen LogP) is 2.09. The number of amides is 1. The zero-order chi connectivity index (χ0) is 15.5. The van der Waals surface area contributed by atoms with Gasteiger partial charge in [-0.15, -0.1) is 0 Å². The van der Waals surface area contributed by atoms with Crippen LogP contribution >= 0.6 is 0 Å². The maximum absolute atomic E-state index is 12.3. The highest BCUT2D eigenvalue weighted by molar-refractivity contribution is 5.91. The highest BCUT2D eigenvalue weighted by Crippen LogP contribution is 2.26. The molecule has 1 aromatic heterocycles. The molecule has 0 spiro atoms. The molecule has 1 atom stereocenters. The Labute approximate surface area is 130 Å². The molecule has 1 aliphatic heterocycles. The van der Waals surface area contributed by atoms with Gasteiger partial charge in [0.1, 0.15) is 5.76 Å². The molecule has 120 valence electrons. The fourth-order valence-corrected chi connectivity index (χ4v) is 3.70. The van der Waals surface area contributed by atoms with E-state index in [4.69, 9.17) is 4.42 Å². The van der Waals surface area contributed by atoms with E-state index in [9.17, 15) is 9.59 Å². The summed E-state index contributed by atoms with van der Waals surface area (Å²) in [6.45, 7) is 3.73. The SMILES string of the molecule is Cc1cc(=O)cc(C(=O)NC2CCCN(C3CCCC3)C2)o1. The first-order valence-corrected chi connectivity index (χ1v) is 8.28. The Morgan fingerprint density at radius 3 is 2.73 bits per heavy atom. The van der Waals surface area contributed by atoms with Crippen molar-refractivity contribution >= 4 is 5.91 Å². The number of rotatable bonds is 3. The molecule has 1 saturated carbocycles. The maximum Gasteiger partial charge on any atom is 0.287 e. The fraction of sp³-hybridized carbons (Fsp3) is 0.647. The zero-order valence-electron chi connectivity index (χ0n) is 13.1. The van der Waals surface area contributed by atoms with Crippen LogP contribution in [0.5, 0.6) is 0 Å². The van der Waals surface area contributed by atoms with Gasteiger partial charge in [0.05, 0.1) is 0 Å². The number of hydrogen-bond acceptors (Lipinski definition) is 4. The van der Waals surface area contributed by atoms with Gasteiger partial charge in [-0.2, -0.15) is 0 Å². The summed E-state index contributed by atoms with van der Waals surface area (Å²) in [5.41, 5.74) is -0.190. The lowest BCUT2D eigenvalue weighted by Gasteiger charge is -2.37. The van der Waals surface area contributed by atoms with E-state index in [2.05, 4.69) is 10.2 Å². The molecule has 22 heavy (non-hydrogen) atoms. The lowest BCUT2D eigenvalue weighted by Crippen LogP contribution is -2.50. The van der Waals surface area contributed by atoms with Crippen molar-refractivity contribution in [3.8, 4) is 0 Å². The van der Waals surface area contributed by atoms with Crippen molar-refractivity contribution in [2.24, 2.45) is 0 Å². The summed E-state index contributed by atoms with van der Waals surface area (Å²) in [7, 11) is 0. The first-order valence-electron chi connectivity index (χ1n) is 8.28. The smallest absolute Gasteiger partial charge is 0.287 e. The Hall–Kier alpha value is -1.62. The Morgan fingerprint density at radius 2 is 2.00 bits per heavy atom. The van der Waals surface area contributed by atoms with Crippen LogP contribution in [-0.2, 0) is 0 Å². The second kappa shape index (κ2) is 6.65. The average molecular weight is 304 g/mol. The van der Waals surface area contributed by atoms with Gasteiger partial charge in [0.25, 0.3) is 5.91 Å². The van der Waals surface area contributed by atoms with Gasteiger partial charge < -0.3 is 9.73 Å². The Kier molecular flexibility index (Phi) is 4.62. The minimum absolute atomic E-state index is 0.114. The molecular weight excluding hydrogens is 280 g/mol. The molecule has 0 bridgehead atoms. The summed E-state index contributed by atoms with van der Waals surface area (Å²) in [6.07, 6.45) is 7.32. The van der Waals surface area contributed by atoms with Crippen molar-refractivity contribution in [3.63, 3.8) is 0 Å². The Morgan fingerprint density at radius 1 is 1.23 bits per heavy atom. The van der Waals surface area contributed by atoms with Crippen LogP contribution in [0.3, 0.4) is 0 Å². The highest BCUT2D eigenvalue weighted by Gasteiger charge is 2.28. The van der Waals surface area contributed by atoms with Crippen LogP contribution in [0.2, 0.25) is 0 Å². The van der Waals surface area contributed by atoms with Crippen molar-refractivity contribution in [1.82, 2.24) is 10.2 Å². The molecule has 2 aliphatic rings. The molecule has 2 heterocycles. The van der Waals surface area contributed by atoms with E-state index in [1.54, 1.807) is 6.92 Å². The van der Waals surface area contributed by atoms with E-state index < -0.39 is 0 Å². The second-order valence-corrected chi connectivity index (χ2v) is 6.51. The molecule has 1 unspecified atom stereocenters. The summed E-state index contributed by atoms with van der Waals surface area (Å²) in [5, 5.41) is 3.03. The summed E-state index contributed by atoms with van der Waals surface area (Å²) < 4.78 is 5.36. The van der Waals surface area contributed by atoms with Crippen molar-refractivity contribution in [1.29, 1.82) is 0 Å². The molecule has 0 radical (unpaired) electrons. The summed E-state index contributed by atoms with van der Waals surface area (Å²) in [5.74, 6) is 0.302. The highest BCUT2D eigenvalue weighted by atomic mass is 16.3. The normalized spacial score (nSPS) is 23.6. The van der Waals surface area contributed by atoms with Gasteiger partial charge in [-0.05, 0) is 39.2 Å². The third kappa shape index (κ3) is 3.58. The summed E-state index contributed by atoms with van der Waals surface area (Å²) >= 11 is 0. The number of likely N-dealkylation sites (tertiary alicyclic amines) is 1. The van der Waals surface area contributed by atoms with E-state index in [0.717, 1.165) is 25.9 Å². The topological polar surface area (TPSA) is 62.6 Å². The molecule has 3 rings (SSSR count). The standard InChI is InChI=1S/C17H24N2O3/c1-12-9-15(20)10-16(22-12)17(21)18-13-5-4-8-19(11-13)14-6-2-3-7-14/h9-10,13-14H,2-8,11H2,1H3,(H,18,21). The monoisotopic (exact) mass is 304 g/mol. The molecule has 2 fully saturated rings. The van der Waals surface area contributed by atoms with Crippen LogP contribution in [0, 0.1) is 6.92 Å². The van der Waals surface area contributed by atoms with Gasteiger partial charge in [-0.1, -0.05) is 12.8 Å². The van der Waals surface area contributed by atoms with E-state index in [1.807, 2.05) is 0 Å². The van der Waals surface area contributed by atoms with E-state index in [0.29, 0.717) is 11.8 Å². The number of piperidine rings is 1. The second-order valence-electron chi connectivity index (χ2n) is 6.51. The summed E-state index contributed by atoms with van der Waals surface area (Å²) in [4.78, 5) is 26.3. The average Bonchev–Trinajstić information content (AvgIpc) is 3.00. The van der Waals surface area contributed by atoms with Gasteiger partial charge >= 0.3 is 0 Å². The van der Waals surface area contributed by atoms with Crippen LogP contribution in [0.1, 0.15) is 54.8 Å². The molecule has 5 heteroatoms. The minimum atomic E-state index is -0.279. The number of carbonyl (C=O) groups is 1. The third-order valence-corrected chi connectivity index (χ3v) is 4.74. The van der Waals surface area contributed by atoms with Crippen LogP contribution in [-0.4, -0.2) is 36.0 Å². The first kappa shape index (κ1) is 15.3.